The summed E-state index contributed by atoms with van der Waals surface area (Å²) in [6.07, 6.45) is 0.745. The number of aliphatic hydroxyl groups excluding tert-OH is 1. The van der Waals surface area contributed by atoms with Crippen molar-refractivity contribution < 1.29 is 5.11 Å². The summed E-state index contributed by atoms with van der Waals surface area (Å²) in [6, 6.07) is 6.38. The Hall–Kier alpha value is -1.06. The fraction of sp³-hybridized carbons (Fsp3) is 0.625. The van der Waals surface area contributed by atoms with Crippen LogP contribution in [0.3, 0.4) is 0 Å². The summed E-state index contributed by atoms with van der Waals surface area (Å²) in [4.78, 5) is 4.57. The molecule has 2 rings (SSSR count). The molecule has 0 unspecified atom stereocenters. The van der Waals surface area contributed by atoms with E-state index >= 15 is 0 Å². The zero-order valence-electron chi connectivity index (χ0n) is 12.8. The number of rotatable bonds is 4. The number of benzene rings is 1. The first-order valence-corrected chi connectivity index (χ1v) is 7.02. The van der Waals surface area contributed by atoms with Gasteiger partial charge in [-0.2, -0.15) is 0 Å². The van der Waals surface area contributed by atoms with E-state index in [1.807, 2.05) is 13.0 Å². The fourth-order valence-corrected chi connectivity index (χ4v) is 3.01. The zero-order valence-corrected chi connectivity index (χ0v) is 12.8. The van der Waals surface area contributed by atoms with Crippen molar-refractivity contribution in [3.8, 4) is 0 Å². The van der Waals surface area contributed by atoms with Crippen LogP contribution >= 0.6 is 0 Å². The first-order chi connectivity index (χ1) is 8.83. The Morgan fingerprint density at radius 1 is 1.42 bits per heavy atom. The van der Waals surface area contributed by atoms with Crippen molar-refractivity contribution in [2.75, 3.05) is 39.1 Å². The molecule has 1 aromatic carbocycles. The van der Waals surface area contributed by atoms with Crippen LogP contribution < -0.4 is 4.90 Å². The van der Waals surface area contributed by atoms with Gasteiger partial charge in [-0.05, 0) is 51.2 Å². The van der Waals surface area contributed by atoms with Crippen LogP contribution in [0.2, 0.25) is 0 Å². The minimum absolute atomic E-state index is 0.180. The summed E-state index contributed by atoms with van der Waals surface area (Å²) in [6.45, 7) is 6.31. The second-order valence-electron chi connectivity index (χ2n) is 6.42. The second-order valence-corrected chi connectivity index (χ2v) is 6.42. The highest BCUT2D eigenvalue weighted by atomic mass is 16.3. The average molecular weight is 262 g/mol. The number of nitrogens with zero attached hydrogens (tertiary/aromatic N) is 2. The number of anilines is 1. The van der Waals surface area contributed by atoms with E-state index < -0.39 is 6.10 Å². The third-order valence-corrected chi connectivity index (χ3v) is 4.26. The van der Waals surface area contributed by atoms with Gasteiger partial charge in [-0.25, -0.2) is 0 Å². The van der Waals surface area contributed by atoms with Gasteiger partial charge in [0.2, 0.25) is 0 Å². The molecule has 19 heavy (non-hydrogen) atoms. The third kappa shape index (κ3) is 2.77. The molecule has 0 saturated heterocycles. The molecule has 1 aliphatic rings. The summed E-state index contributed by atoms with van der Waals surface area (Å²) in [7, 11) is 6.39. The van der Waals surface area contributed by atoms with Gasteiger partial charge in [0.15, 0.2) is 0 Å². The van der Waals surface area contributed by atoms with Crippen molar-refractivity contribution in [3.05, 3.63) is 29.3 Å². The van der Waals surface area contributed by atoms with E-state index in [9.17, 15) is 5.11 Å². The Bertz CT molecular complexity index is 456. The molecule has 3 nitrogen and oxygen atoms in total. The van der Waals surface area contributed by atoms with Gasteiger partial charge in [0.1, 0.15) is 0 Å². The predicted molar refractivity (Wildman–Crippen MR) is 80.9 cm³/mol. The lowest BCUT2D eigenvalue weighted by Gasteiger charge is -2.27. The van der Waals surface area contributed by atoms with Crippen LogP contribution in [0.5, 0.6) is 0 Å². The van der Waals surface area contributed by atoms with E-state index in [0.29, 0.717) is 0 Å². The lowest BCUT2D eigenvalue weighted by molar-refractivity contribution is 0.199. The third-order valence-electron chi connectivity index (χ3n) is 4.26. The van der Waals surface area contributed by atoms with Gasteiger partial charge in [-0.15, -0.1) is 0 Å². The number of aliphatic hydroxyl groups is 1. The fourth-order valence-electron chi connectivity index (χ4n) is 3.01. The van der Waals surface area contributed by atoms with E-state index in [1.54, 1.807) is 0 Å². The first kappa shape index (κ1) is 14.4. The van der Waals surface area contributed by atoms with Gasteiger partial charge in [0.25, 0.3) is 0 Å². The van der Waals surface area contributed by atoms with Crippen molar-refractivity contribution in [1.29, 1.82) is 0 Å². The molecule has 2 atom stereocenters. The highest BCUT2D eigenvalue weighted by Crippen LogP contribution is 2.43. The van der Waals surface area contributed by atoms with Crippen molar-refractivity contribution in [2.24, 2.45) is 0 Å². The van der Waals surface area contributed by atoms with Gasteiger partial charge in [-0.1, -0.05) is 19.1 Å². The van der Waals surface area contributed by atoms with Crippen molar-refractivity contribution in [1.82, 2.24) is 4.90 Å². The molecule has 0 aliphatic carbocycles. The molecule has 0 spiro atoms. The van der Waals surface area contributed by atoms with Crippen LogP contribution in [0.4, 0.5) is 5.69 Å². The van der Waals surface area contributed by atoms with Crippen LogP contribution in [0.25, 0.3) is 0 Å². The largest absolute Gasteiger partial charge is 0.389 e. The number of fused-ring (bicyclic) bond motifs is 1. The molecule has 0 fully saturated rings. The van der Waals surface area contributed by atoms with Crippen molar-refractivity contribution in [2.45, 2.75) is 31.8 Å². The van der Waals surface area contributed by atoms with E-state index in [0.717, 1.165) is 25.1 Å². The van der Waals surface area contributed by atoms with Crippen LogP contribution in [0.15, 0.2) is 18.2 Å². The first-order valence-electron chi connectivity index (χ1n) is 7.02. The zero-order chi connectivity index (χ0) is 14.2. The maximum absolute atomic E-state index is 9.79. The van der Waals surface area contributed by atoms with Crippen molar-refractivity contribution in [3.63, 3.8) is 0 Å². The van der Waals surface area contributed by atoms with Gasteiger partial charge >= 0.3 is 0 Å². The Morgan fingerprint density at radius 3 is 2.68 bits per heavy atom. The van der Waals surface area contributed by atoms with Gasteiger partial charge in [0.05, 0.1) is 6.10 Å². The molecule has 0 radical (unpaired) electrons. The maximum Gasteiger partial charge on any atom is 0.0762 e. The molecule has 1 heterocycles. The minimum Gasteiger partial charge on any atom is -0.389 e. The monoisotopic (exact) mass is 262 g/mol. The molecular formula is C16H26N2O. The molecule has 1 N–H and O–H groups in total. The molecule has 1 aliphatic heterocycles. The summed E-state index contributed by atoms with van der Waals surface area (Å²) >= 11 is 0. The molecule has 0 bridgehead atoms. The second kappa shape index (κ2) is 5.14. The summed E-state index contributed by atoms with van der Waals surface area (Å²) in [5.74, 6) is 0. The minimum atomic E-state index is -0.394. The van der Waals surface area contributed by atoms with Gasteiger partial charge in [-0.3, -0.25) is 0 Å². The Labute approximate surface area is 116 Å². The SMILES string of the molecule is C[C@@H](O)c1ccc2c(c1)[C@@](C)(CCN(C)C)CN2C. The van der Waals surface area contributed by atoms with Crippen LogP contribution in [-0.2, 0) is 5.41 Å². The number of hydrogen-bond donors (Lipinski definition) is 1. The molecule has 1 aromatic rings. The van der Waals surface area contributed by atoms with E-state index in [-0.39, 0.29) is 5.41 Å². The topological polar surface area (TPSA) is 26.7 Å². The molecular weight excluding hydrogens is 236 g/mol. The van der Waals surface area contributed by atoms with Crippen LogP contribution in [0.1, 0.15) is 37.5 Å². The van der Waals surface area contributed by atoms with Gasteiger partial charge < -0.3 is 14.9 Å². The summed E-state index contributed by atoms with van der Waals surface area (Å²) in [5, 5.41) is 9.79. The molecule has 106 valence electrons. The highest BCUT2D eigenvalue weighted by Gasteiger charge is 2.37. The number of likely N-dealkylation sites (N-methyl/N-ethyl adjacent to an activating group) is 1. The summed E-state index contributed by atoms with van der Waals surface area (Å²) < 4.78 is 0. The average Bonchev–Trinajstić information content (AvgIpc) is 2.59. The van der Waals surface area contributed by atoms with Crippen LogP contribution in [0, 0.1) is 0 Å². The normalized spacial score (nSPS) is 23.8. The Balaban J connectivity index is 2.34. The Kier molecular flexibility index (Phi) is 3.88. The standard InChI is InChI=1S/C16H26N2O/c1-12(19)13-6-7-15-14(10-13)16(2,11-18(15)5)8-9-17(3)4/h6-7,10,12,19H,8-9,11H2,1-5H3/t12-,16+/m1/s1. The van der Waals surface area contributed by atoms with E-state index in [1.165, 1.54) is 11.3 Å². The molecule has 0 amide bonds. The lowest BCUT2D eigenvalue weighted by atomic mass is 9.80. The predicted octanol–water partition coefficient (Wildman–Crippen LogP) is 2.40. The Morgan fingerprint density at radius 2 is 2.11 bits per heavy atom. The quantitative estimate of drug-likeness (QED) is 0.902. The molecule has 0 saturated carbocycles. The smallest absolute Gasteiger partial charge is 0.0762 e. The van der Waals surface area contributed by atoms with Gasteiger partial charge in [0, 0.05) is 24.7 Å². The van der Waals surface area contributed by atoms with Crippen molar-refractivity contribution >= 4 is 5.69 Å². The highest BCUT2D eigenvalue weighted by molar-refractivity contribution is 5.63. The molecule has 3 heteroatoms. The van der Waals surface area contributed by atoms with Crippen LogP contribution in [-0.4, -0.2) is 44.2 Å². The summed E-state index contributed by atoms with van der Waals surface area (Å²) in [5.41, 5.74) is 3.89. The van der Waals surface area contributed by atoms with E-state index in [4.69, 9.17) is 0 Å². The maximum atomic E-state index is 9.79. The molecule has 0 aromatic heterocycles. The number of hydrogen-bond acceptors (Lipinski definition) is 3. The lowest BCUT2D eigenvalue weighted by Crippen LogP contribution is -2.32. The van der Waals surface area contributed by atoms with E-state index in [2.05, 4.69) is 50.0 Å².